The van der Waals surface area contributed by atoms with Crippen LogP contribution >= 0.6 is 0 Å². The monoisotopic (exact) mass is 335 g/mol. The molecule has 0 aromatic heterocycles. The van der Waals surface area contributed by atoms with Crippen LogP contribution in [0, 0.1) is 15.6 Å². The molecule has 3 aliphatic rings. The van der Waals surface area contributed by atoms with Crippen LogP contribution in [0.5, 0.6) is 0 Å². The van der Waals surface area contributed by atoms with E-state index in [1.165, 1.54) is 0 Å². The van der Waals surface area contributed by atoms with E-state index < -0.39 is 15.2 Å². The maximum absolute atomic E-state index is 12.8. The second-order valence-corrected chi connectivity index (χ2v) is 5.41. The van der Waals surface area contributed by atoms with Gasteiger partial charge in [-0.1, -0.05) is 0 Å². The van der Waals surface area contributed by atoms with E-state index in [1.54, 1.807) is 0 Å². The molecule has 0 spiro atoms. The van der Waals surface area contributed by atoms with Crippen molar-refractivity contribution in [2.75, 3.05) is 0 Å². The van der Waals surface area contributed by atoms with Gasteiger partial charge in [-0.3, -0.25) is 5.06 Å². The molecule has 3 aliphatic heterocycles. The van der Waals surface area contributed by atoms with E-state index in [2.05, 4.69) is 0 Å². The molecule has 12 heteroatoms. The Hall–Kier alpha value is -3.00. The van der Waals surface area contributed by atoms with Crippen molar-refractivity contribution in [3.63, 3.8) is 0 Å². The van der Waals surface area contributed by atoms with E-state index in [4.69, 9.17) is 34.4 Å². The first-order valence-electron chi connectivity index (χ1n) is 6.75. The summed E-state index contributed by atoms with van der Waals surface area (Å²) in [7, 11) is 0. The van der Waals surface area contributed by atoms with Crippen molar-refractivity contribution in [2.24, 2.45) is 34.4 Å². The van der Waals surface area contributed by atoms with E-state index in [-0.39, 0.29) is 57.0 Å². The minimum absolute atomic E-state index is 0.0247. The maximum Gasteiger partial charge on any atom is 0.226 e. The lowest BCUT2D eigenvalue weighted by Gasteiger charge is -2.27. The van der Waals surface area contributed by atoms with E-state index in [9.17, 15) is 15.6 Å². The lowest BCUT2D eigenvalue weighted by Crippen LogP contribution is -3.12. The molecule has 24 heavy (non-hydrogen) atoms. The van der Waals surface area contributed by atoms with Gasteiger partial charge >= 0.3 is 0 Å². The van der Waals surface area contributed by atoms with Crippen molar-refractivity contribution in [1.29, 1.82) is 0 Å². The first-order valence-corrected chi connectivity index (χ1v) is 6.75. The van der Waals surface area contributed by atoms with Gasteiger partial charge in [0.25, 0.3) is 0 Å². The van der Waals surface area contributed by atoms with Crippen LogP contribution in [-0.2, 0) is 0 Å². The molecule has 0 radical (unpaired) electrons. The average molecular weight is 335 g/mol. The van der Waals surface area contributed by atoms with Crippen molar-refractivity contribution in [3.8, 4) is 0 Å². The maximum atomic E-state index is 12.8. The van der Waals surface area contributed by atoms with Crippen molar-refractivity contribution >= 4 is 0 Å². The average Bonchev–Trinajstić information content (AvgIpc) is 2.98. The van der Waals surface area contributed by atoms with Crippen LogP contribution in [0.1, 0.15) is 0 Å². The fourth-order valence-electron chi connectivity index (χ4n) is 2.79. The molecule has 2 unspecified atom stereocenters. The highest BCUT2D eigenvalue weighted by molar-refractivity contribution is 5.52. The highest BCUT2D eigenvalue weighted by Crippen LogP contribution is 2.23. The number of rotatable bonds is 2. The summed E-state index contributed by atoms with van der Waals surface area (Å²) in [6, 6.07) is 0. The van der Waals surface area contributed by atoms with E-state index in [0.29, 0.717) is 0 Å². The Morgan fingerprint density at radius 3 is 1.12 bits per heavy atom. The summed E-state index contributed by atoms with van der Waals surface area (Å²) >= 11 is 0. The molecule has 0 saturated heterocycles. The first kappa shape index (κ1) is 15.9. The number of nitrogens with two attached hydrogens (primary N) is 6. The summed E-state index contributed by atoms with van der Waals surface area (Å²) < 4.78 is 0. The molecular formula is C12H17N9O3. The van der Waals surface area contributed by atoms with Crippen LogP contribution in [-0.4, -0.2) is 0 Å². The summed E-state index contributed by atoms with van der Waals surface area (Å²) in [5.41, 5.74) is 33.4. The fraction of sp³-hybridized carbons (Fsp3) is 0. The SMILES string of the molecule is NC1=C[NH+]([O-])C(C2=C(N)C(N)=C(C3=C(N)C(N)=C[NH+]3[O-])[NH+]2[O-])=C1N. The normalized spacial score (nSPS) is 30.7. The van der Waals surface area contributed by atoms with Gasteiger partial charge in [0.2, 0.25) is 22.8 Å². The topological polar surface area (TPSA) is 239 Å². The Morgan fingerprint density at radius 2 is 0.875 bits per heavy atom. The predicted molar refractivity (Wildman–Crippen MR) is 82.4 cm³/mol. The summed E-state index contributed by atoms with van der Waals surface area (Å²) in [4.78, 5) is 0. The predicted octanol–water partition coefficient (Wildman–Crippen LogP) is -6.54. The quantitative estimate of drug-likeness (QED) is 0.217. The van der Waals surface area contributed by atoms with Crippen LogP contribution in [0.2, 0.25) is 0 Å². The third-order valence-corrected chi connectivity index (χ3v) is 4.01. The van der Waals surface area contributed by atoms with Crippen LogP contribution in [0.15, 0.2) is 69.4 Å². The molecule has 0 saturated carbocycles. The van der Waals surface area contributed by atoms with Crippen LogP contribution in [0.4, 0.5) is 0 Å². The Balaban J connectivity index is 2.09. The molecule has 0 amide bonds. The van der Waals surface area contributed by atoms with Gasteiger partial charge in [-0.05, 0) is 0 Å². The van der Waals surface area contributed by atoms with Crippen molar-refractivity contribution in [2.45, 2.75) is 0 Å². The second-order valence-electron chi connectivity index (χ2n) is 5.41. The van der Waals surface area contributed by atoms with Gasteiger partial charge in [-0.15, -0.1) is 0 Å². The van der Waals surface area contributed by atoms with E-state index >= 15 is 0 Å². The minimum atomic E-state index is -0.728. The van der Waals surface area contributed by atoms with Crippen molar-refractivity contribution in [3.05, 3.63) is 85.0 Å². The zero-order valence-electron chi connectivity index (χ0n) is 12.3. The zero-order chi connectivity index (χ0) is 17.9. The van der Waals surface area contributed by atoms with Gasteiger partial charge in [0.15, 0.2) is 0 Å². The Kier molecular flexibility index (Phi) is 3.31. The van der Waals surface area contributed by atoms with E-state index in [0.717, 1.165) is 12.4 Å². The van der Waals surface area contributed by atoms with Gasteiger partial charge in [0.05, 0.1) is 0 Å². The molecule has 15 N–H and O–H groups in total. The Labute approximate surface area is 135 Å². The summed E-state index contributed by atoms with van der Waals surface area (Å²) in [5, 5.41) is 35.1. The molecule has 0 fully saturated rings. The highest BCUT2D eigenvalue weighted by atomic mass is 16.5. The van der Waals surface area contributed by atoms with Gasteiger partial charge in [-0.2, -0.15) is 0 Å². The number of hydroxylamine groups is 6. The first-order chi connectivity index (χ1) is 11.2. The molecule has 2 atom stereocenters. The largest absolute Gasteiger partial charge is 0.624 e. The number of hydrogen-bond acceptors (Lipinski definition) is 9. The number of quaternary nitrogens is 3. The molecule has 12 nitrogen and oxygen atoms in total. The van der Waals surface area contributed by atoms with Gasteiger partial charge in [-0.25, -0.2) is 0 Å². The van der Waals surface area contributed by atoms with Gasteiger partial charge in [0.1, 0.15) is 46.6 Å². The molecule has 0 bridgehead atoms. The zero-order valence-corrected chi connectivity index (χ0v) is 12.3. The Morgan fingerprint density at radius 1 is 0.542 bits per heavy atom. The van der Waals surface area contributed by atoms with E-state index in [1.807, 2.05) is 0 Å². The fourth-order valence-corrected chi connectivity index (χ4v) is 2.79. The summed E-state index contributed by atoms with van der Waals surface area (Å²) in [5.74, 6) is 0. The standard InChI is InChI=1S/C12H17N9O3/c13-3-1-19(22)9(5(3)15)11-7(17)8(18)12(21(11)24)10-6(16)4(14)2-20(10)23/h1-2,19-21H,13-18H2. The smallest absolute Gasteiger partial charge is 0.226 e. The summed E-state index contributed by atoms with van der Waals surface area (Å²) in [6.45, 7) is 0. The molecular weight excluding hydrogens is 318 g/mol. The van der Waals surface area contributed by atoms with Gasteiger partial charge < -0.3 is 60.2 Å². The second kappa shape index (κ2) is 5.00. The molecule has 0 aliphatic carbocycles. The molecule has 3 heterocycles. The number of nitrogens with one attached hydrogen (secondary N) is 3. The van der Waals surface area contributed by atoms with Crippen LogP contribution < -0.4 is 49.6 Å². The molecule has 3 rings (SSSR count). The lowest BCUT2D eigenvalue weighted by molar-refractivity contribution is -0.816. The molecule has 0 aromatic carbocycles. The molecule has 128 valence electrons. The third-order valence-electron chi connectivity index (χ3n) is 4.01. The summed E-state index contributed by atoms with van der Waals surface area (Å²) in [6.07, 6.45) is 2.17. The van der Waals surface area contributed by atoms with Crippen LogP contribution in [0.25, 0.3) is 0 Å². The van der Waals surface area contributed by atoms with Gasteiger partial charge in [0, 0.05) is 0 Å². The highest BCUT2D eigenvalue weighted by Gasteiger charge is 2.44. The Bertz CT molecular complexity index is 765. The van der Waals surface area contributed by atoms with Crippen LogP contribution in [0.3, 0.4) is 0 Å². The third kappa shape index (κ3) is 1.89. The van der Waals surface area contributed by atoms with Crippen molar-refractivity contribution < 1.29 is 15.2 Å². The minimum Gasteiger partial charge on any atom is -0.624 e. The number of hydrogen-bond donors (Lipinski definition) is 9. The lowest BCUT2D eigenvalue weighted by atomic mass is 10.2. The molecule has 0 aromatic rings. The van der Waals surface area contributed by atoms with Crippen molar-refractivity contribution in [1.82, 2.24) is 0 Å².